The molecule has 2 rings (SSSR count). The standard InChI is InChI=1S/C18H26N4O2S.HI/c1-13-5-6-15(17(9-13)24-8-7-23-4)10-21-18(19-3)22-12-16-11-20-14(2)25-16;/h5-6,9,11H,7-8,10,12H2,1-4H3,(H2,19,21,22);1H. The summed E-state index contributed by atoms with van der Waals surface area (Å²) in [5.74, 6) is 1.62. The van der Waals surface area contributed by atoms with Crippen molar-refractivity contribution < 1.29 is 9.47 Å². The fraction of sp³-hybridized carbons (Fsp3) is 0.444. The molecule has 6 nitrogen and oxygen atoms in total. The first-order valence-electron chi connectivity index (χ1n) is 8.19. The van der Waals surface area contributed by atoms with Gasteiger partial charge in [-0.05, 0) is 25.5 Å². The van der Waals surface area contributed by atoms with Gasteiger partial charge in [0, 0.05) is 37.3 Å². The molecule has 0 fully saturated rings. The number of thiazole rings is 1. The second-order valence-corrected chi connectivity index (χ2v) is 6.90. The third-order valence-electron chi connectivity index (χ3n) is 3.54. The molecule has 26 heavy (non-hydrogen) atoms. The number of aliphatic imine (C=N–C) groups is 1. The SMILES string of the molecule is CN=C(NCc1cnc(C)s1)NCc1ccc(C)cc1OCCOC.I. The molecule has 0 aliphatic heterocycles. The average molecular weight is 490 g/mol. The van der Waals surface area contributed by atoms with E-state index >= 15 is 0 Å². The van der Waals surface area contributed by atoms with E-state index in [1.807, 2.05) is 19.2 Å². The van der Waals surface area contributed by atoms with E-state index < -0.39 is 0 Å². The van der Waals surface area contributed by atoms with Crippen molar-refractivity contribution in [3.63, 3.8) is 0 Å². The van der Waals surface area contributed by atoms with E-state index in [-0.39, 0.29) is 24.0 Å². The molecule has 0 spiro atoms. The highest BCUT2D eigenvalue weighted by molar-refractivity contribution is 14.0. The van der Waals surface area contributed by atoms with E-state index in [4.69, 9.17) is 9.47 Å². The number of nitrogens with one attached hydrogen (secondary N) is 2. The Labute approximate surface area is 176 Å². The Morgan fingerprint density at radius 3 is 2.62 bits per heavy atom. The van der Waals surface area contributed by atoms with Crippen LogP contribution in [0.2, 0.25) is 0 Å². The van der Waals surface area contributed by atoms with Crippen molar-refractivity contribution in [2.75, 3.05) is 27.4 Å². The zero-order valence-electron chi connectivity index (χ0n) is 15.7. The summed E-state index contributed by atoms with van der Waals surface area (Å²) in [7, 11) is 3.43. The van der Waals surface area contributed by atoms with Crippen LogP contribution in [0.3, 0.4) is 0 Å². The van der Waals surface area contributed by atoms with Crippen molar-refractivity contribution in [1.82, 2.24) is 15.6 Å². The average Bonchev–Trinajstić information content (AvgIpc) is 3.02. The zero-order valence-corrected chi connectivity index (χ0v) is 18.8. The van der Waals surface area contributed by atoms with E-state index in [9.17, 15) is 0 Å². The van der Waals surface area contributed by atoms with Crippen molar-refractivity contribution >= 4 is 41.3 Å². The molecule has 144 valence electrons. The van der Waals surface area contributed by atoms with Gasteiger partial charge in [-0.2, -0.15) is 0 Å². The third kappa shape index (κ3) is 7.46. The van der Waals surface area contributed by atoms with Crippen molar-refractivity contribution in [3.05, 3.63) is 45.4 Å². The van der Waals surface area contributed by atoms with E-state index in [2.05, 4.69) is 39.7 Å². The molecule has 2 N–H and O–H groups in total. The van der Waals surface area contributed by atoms with Gasteiger partial charge in [-0.15, -0.1) is 35.3 Å². The van der Waals surface area contributed by atoms with Crippen LogP contribution in [-0.2, 0) is 17.8 Å². The summed E-state index contributed by atoms with van der Waals surface area (Å²) in [4.78, 5) is 9.71. The van der Waals surface area contributed by atoms with Crippen molar-refractivity contribution in [1.29, 1.82) is 0 Å². The number of rotatable bonds is 8. The van der Waals surface area contributed by atoms with Gasteiger partial charge >= 0.3 is 0 Å². The molecule has 0 aliphatic carbocycles. The lowest BCUT2D eigenvalue weighted by Gasteiger charge is -2.15. The summed E-state index contributed by atoms with van der Waals surface area (Å²) < 4.78 is 10.9. The normalized spacial score (nSPS) is 11.0. The predicted molar refractivity (Wildman–Crippen MR) is 118 cm³/mol. The minimum absolute atomic E-state index is 0. The number of methoxy groups -OCH3 is 1. The lowest BCUT2D eigenvalue weighted by atomic mass is 10.1. The van der Waals surface area contributed by atoms with E-state index in [0.717, 1.165) is 22.3 Å². The maximum Gasteiger partial charge on any atom is 0.191 e. The van der Waals surface area contributed by atoms with Gasteiger partial charge in [0.15, 0.2) is 5.96 Å². The van der Waals surface area contributed by atoms with Crippen molar-refractivity contribution in [2.45, 2.75) is 26.9 Å². The number of ether oxygens (including phenoxy) is 2. The summed E-state index contributed by atoms with van der Waals surface area (Å²) in [5, 5.41) is 7.69. The lowest BCUT2D eigenvalue weighted by molar-refractivity contribution is 0.145. The fourth-order valence-corrected chi connectivity index (χ4v) is 2.97. The van der Waals surface area contributed by atoms with Gasteiger partial charge in [0.2, 0.25) is 0 Å². The van der Waals surface area contributed by atoms with Gasteiger partial charge in [-0.3, -0.25) is 4.99 Å². The maximum atomic E-state index is 5.82. The molecule has 0 bridgehead atoms. The minimum atomic E-state index is 0. The number of aryl methyl sites for hydroxylation is 2. The summed E-state index contributed by atoms with van der Waals surface area (Å²) in [6.07, 6.45) is 1.89. The first-order valence-corrected chi connectivity index (χ1v) is 9.01. The second-order valence-electron chi connectivity index (χ2n) is 5.58. The van der Waals surface area contributed by atoms with Crippen molar-refractivity contribution in [3.8, 4) is 5.75 Å². The maximum absolute atomic E-state index is 5.82. The number of hydrogen-bond acceptors (Lipinski definition) is 5. The molecule has 0 atom stereocenters. The molecule has 1 aromatic heterocycles. The number of halogens is 1. The highest BCUT2D eigenvalue weighted by Crippen LogP contribution is 2.20. The van der Waals surface area contributed by atoms with Crippen LogP contribution in [0, 0.1) is 13.8 Å². The summed E-state index contributed by atoms with van der Waals surface area (Å²) in [5.41, 5.74) is 2.25. The molecule has 0 unspecified atom stereocenters. The first-order chi connectivity index (χ1) is 12.1. The highest BCUT2D eigenvalue weighted by atomic mass is 127. The largest absolute Gasteiger partial charge is 0.491 e. The van der Waals surface area contributed by atoms with Crippen LogP contribution in [0.5, 0.6) is 5.75 Å². The van der Waals surface area contributed by atoms with Gasteiger partial charge in [0.25, 0.3) is 0 Å². The molecule has 1 aromatic carbocycles. The van der Waals surface area contributed by atoms with E-state index in [0.29, 0.717) is 26.3 Å². The van der Waals surface area contributed by atoms with Gasteiger partial charge < -0.3 is 20.1 Å². The Morgan fingerprint density at radius 2 is 1.96 bits per heavy atom. The monoisotopic (exact) mass is 490 g/mol. The van der Waals surface area contributed by atoms with Gasteiger partial charge in [0.05, 0.1) is 18.2 Å². The molecule has 0 aliphatic rings. The Kier molecular flexibility index (Phi) is 10.5. The molecule has 1 heterocycles. The molecule has 0 amide bonds. The van der Waals surface area contributed by atoms with Gasteiger partial charge in [0.1, 0.15) is 12.4 Å². The lowest BCUT2D eigenvalue weighted by Crippen LogP contribution is -2.36. The molecular weight excluding hydrogens is 463 g/mol. The van der Waals surface area contributed by atoms with E-state index in [1.165, 1.54) is 10.4 Å². The van der Waals surface area contributed by atoms with Crippen LogP contribution in [0.15, 0.2) is 29.4 Å². The number of benzene rings is 1. The highest BCUT2D eigenvalue weighted by Gasteiger charge is 2.06. The predicted octanol–water partition coefficient (Wildman–Crippen LogP) is 3.27. The third-order valence-corrected chi connectivity index (χ3v) is 4.45. The smallest absolute Gasteiger partial charge is 0.191 e. The summed E-state index contributed by atoms with van der Waals surface area (Å²) >= 11 is 1.68. The first kappa shape index (κ1) is 22.7. The van der Waals surface area contributed by atoms with Crippen LogP contribution < -0.4 is 15.4 Å². The summed E-state index contributed by atoms with van der Waals surface area (Å²) in [6, 6.07) is 6.20. The topological polar surface area (TPSA) is 67.8 Å². The Bertz CT molecular complexity index is 706. The zero-order chi connectivity index (χ0) is 18.1. The van der Waals surface area contributed by atoms with Crippen LogP contribution in [0.4, 0.5) is 0 Å². The second kappa shape index (κ2) is 12.1. The van der Waals surface area contributed by atoms with Crippen LogP contribution in [0.1, 0.15) is 21.0 Å². The number of aromatic nitrogens is 1. The van der Waals surface area contributed by atoms with Crippen LogP contribution in [0.25, 0.3) is 0 Å². The quantitative estimate of drug-likeness (QED) is 0.257. The molecule has 0 saturated carbocycles. The molecule has 0 saturated heterocycles. The number of hydrogen-bond donors (Lipinski definition) is 2. The van der Waals surface area contributed by atoms with Crippen LogP contribution in [-0.4, -0.2) is 38.3 Å². The number of guanidine groups is 1. The fourth-order valence-electron chi connectivity index (χ4n) is 2.23. The molecule has 8 heteroatoms. The Hall–Kier alpha value is -1.39. The molecular formula is C18H27IN4O2S. The van der Waals surface area contributed by atoms with Gasteiger partial charge in [-0.1, -0.05) is 12.1 Å². The summed E-state index contributed by atoms with van der Waals surface area (Å²) in [6.45, 7) is 6.49. The minimum Gasteiger partial charge on any atom is -0.491 e. The Morgan fingerprint density at radius 1 is 1.19 bits per heavy atom. The van der Waals surface area contributed by atoms with E-state index in [1.54, 1.807) is 25.5 Å². The van der Waals surface area contributed by atoms with Crippen LogP contribution >= 0.6 is 35.3 Å². The van der Waals surface area contributed by atoms with Gasteiger partial charge in [-0.25, -0.2) is 4.98 Å². The molecule has 2 aromatic rings. The Balaban J connectivity index is 0.00000338. The number of nitrogens with zero attached hydrogens (tertiary/aromatic N) is 2. The molecule has 0 radical (unpaired) electrons. The van der Waals surface area contributed by atoms with Crippen molar-refractivity contribution in [2.24, 2.45) is 4.99 Å².